The highest BCUT2D eigenvalue weighted by atomic mass is 16.5. The molecule has 2 aromatic rings. The Morgan fingerprint density at radius 2 is 1.56 bits per heavy atom. The van der Waals surface area contributed by atoms with Crippen molar-refractivity contribution in [2.45, 2.75) is 38.7 Å². The number of hydrogen-bond donors (Lipinski definition) is 1. The van der Waals surface area contributed by atoms with Gasteiger partial charge in [-0.25, -0.2) is 0 Å². The summed E-state index contributed by atoms with van der Waals surface area (Å²) in [4.78, 5) is 0. The Morgan fingerprint density at radius 3 is 2.08 bits per heavy atom. The second kappa shape index (κ2) is 10.9. The van der Waals surface area contributed by atoms with Gasteiger partial charge in [-0.2, -0.15) is 0 Å². The molecule has 0 atom stereocenters. The average molecular weight is 338 g/mol. The van der Waals surface area contributed by atoms with Crippen LogP contribution >= 0.6 is 0 Å². The molecule has 134 valence electrons. The van der Waals surface area contributed by atoms with E-state index in [2.05, 4.69) is 85.1 Å². The lowest BCUT2D eigenvalue weighted by molar-refractivity contribution is -0.0257. The molecular weight excluding hydrogens is 306 g/mol. The van der Waals surface area contributed by atoms with Crippen LogP contribution in [0.25, 0.3) is 0 Å². The van der Waals surface area contributed by atoms with E-state index in [1.165, 1.54) is 11.1 Å². The Balaban J connectivity index is 2.31. The van der Waals surface area contributed by atoms with Crippen molar-refractivity contribution in [1.29, 1.82) is 0 Å². The molecule has 0 saturated carbocycles. The molecule has 0 bridgehead atoms. The zero-order valence-corrected chi connectivity index (χ0v) is 15.6. The molecule has 2 heteroatoms. The van der Waals surface area contributed by atoms with Crippen molar-refractivity contribution in [2.24, 2.45) is 0 Å². The van der Waals surface area contributed by atoms with Crippen LogP contribution in [0.5, 0.6) is 0 Å². The van der Waals surface area contributed by atoms with Crippen LogP contribution in [0.3, 0.4) is 0 Å². The zero-order chi connectivity index (χ0) is 17.8. The van der Waals surface area contributed by atoms with Gasteiger partial charge in [0.25, 0.3) is 0 Å². The fourth-order valence-electron chi connectivity index (χ4n) is 3.07. The smallest absolute Gasteiger partial charge is 0.119 e. The standard InChI is InChI=1S/C23H31NO/c1-3-5-18-24-19-17-23(25-20-6-4-2,21-13-9-7-10-14-21)22-15-11-8-12-16-22/h3,5,7-16,24H,4,6,17-20H2,1-2H3/b5-3+. The lowest BCUT2D eigenvalue weighted by atomic mass is 9.83. The van der Waals surface area contributed by atoms with Crippen molar-refractivity contribution >= 4 is 0 Å². The third-order valence-electron chi connectivity index (χ3n) is 4.48. The monoisotopic (exact) mass is 337 g/mol. The molecule has 0 heterocycles. The number of nitrogens with one attached hydrogen (secondary N) is 1. The second-order valence-electron chi connectivity index (χ2n) is 6.28. The molecule has 0 spiro atoms. The van der Waals surface area contributed by atoms with Gasteiger partial charge in [-0.1, -0.05) is 86.2 Å². The predicted octanol–water partition coefficient (Wildman–Crippen LogP) is 5.30. The minimum atomic E-state index is -0.402. The molecule has 2 aromatic carbocycles. The lowest BCUT2D eigenvalue weighted by Crippen LogP contribution is -2.35. The molecule has 2 rings (SSSR count). The molecule has 0 saturated heterocycles. The number of benzene rings is 2. The van der Waals surface area contributed by atoms with E-state index in [1.807, 2.05) is 6.92 Å². The molecule has 0 amide bonds. The molecule has 25 heavy (non-hydrogen) atoms. The van der Waals surface area contributed by atoms with Crippen molar-refractivity contribution < 1.29 is 4.74 Å². The number of hydrogen-bond acceptors (Lipinski definition) is 2. The molecule has 0 radical (unpaired) electrons. The van der Waals surface area contributed by atoms with E-state index in [0.29, 0.717) is 0 Å². The topological polar surface area (TPSA) is 21.3 Å². The first-order valence-corrected chi connectivity index (χ1v) is 9.40. The summed E-state index contributed by atoms with van der Waals surface area (Å²) in [7, 11) is 0. The predicted molar refractivity (Wildman–Crippen MR) is 107 cm³/mol. The minimum absolute atomic E-state index is 0.402. The van der Waals surface area contributed by atoms with Crippen LogP contribution in [0, 0.1) is 0 Å². The Kier molecular flexibility index (Phi) is 8.44. The van der Waals surface area contributed by atoms with Crippen molar-refractivity contribution in [2.75, 3.05) is 19.7 Å². The highest BCUT2D eigenvalue weighted by Gasteiger charge is 2.34. The fourth-order valence-corrected chi connectivity index (χ4v) is 3.07. The summed E-state index contributed by atoms with van der Waals surface area (Å²) in [6.45, 7) is 6.82. The maximum absolute atomic E-state index is 6.59. The summed E-state index contributed by atoms with van der Waals surface area (Å²) in [6, 6.07) is 21.3. The highest BCUT2D eigenvalue weighted by Crippen LogP contribution is 2.37. The van der Waals surface area contributed by atoms with Gasteiger partial charge in [-0.3, -0.25) is 0 Å². The van der Waals surface area contributed by atoms with E-state index in [9.17, 15) is 0 Å². The maximum Gasteiger partial charge on any atom is 0.119 e. The van der Waals surface area contributed by atoms with Gasteiger partial charge in [0.05, 0.1) is 0 Å². The molecular formula is C23H31NO. The summed E-state index contributed by atoms with van der Waals surface area (Å²) in [5, 5.41) is 3.50. The van der Waals surface area contributed by atoms with E-state index >= 15 is 0 Å². The first-order valence-electron chi connectivity index (χ1n) is 9.40. The van der Waals surface area contributed by atoms with Crippen LogP contribution < -0.4 is 5.32 Å². The number of allylic oxidation sites excluding steroid dienone is 1. The summed E-state index contributed by atoms with van der Waals surface area (Å²) in [5.74, 6) is 0. The molecule has 1 N–H and O–H groups in total. The molecule has 0 fully saturated rings. The fraction of sp³-hybridized carbons (Fsp3) is 0.391. The van der Waals surface area contributed by atoms with Crippen molar-refractivity contribution in [3.05, 3.63) is 83.9 Å². The second-order valence-corrected chi connectivity index (χ2v) is 6.28. The summed E-state index contributed by atoms with van der Waals surface area (Å²) in [6.07, 6.45) is 7.34. The van der Waals surface area contributed by atoms with E-state index in [1.54, 1.807) is 0 Å². The van der Waals surface area contributed by atoms with Crippen LogP contribution in [-0.4, -0.2) is 19.7 Å². The van der Waals surface area contributed by atoms with Crippen LogP contribution in [0.2, 0.25) is 0 Å². The zero-order valence-electron chi connectivity index (χ0n) is 15.6. The third-order valence-corrected chi connectivity index (χ3v) is 4.48. The van der Waals surface area contributed by atoms with Crippen molar-refractivity contribution in [3.63, 3.8) is 0 Å². The average Bonchev–Trinajstić information content (AvgIpc) is 2.68. The van der Waals surface area contributed by atoms with Gasteiger partial charge >= 0.3 is 0 Å². The van der Waals surface area contributed by atoms with Crippen LogP contribution in [0.4, 0.5) is 0 Å². The molecule has 0 aliphatic carbocycles. The Labute approximate surface area is 152 Å². The SMILES string of the molecule is C/C=C/CNCCC(OCCCC)(c1ccccc1)c1ccccc1. The van der Waals surface area contributed by atoms with E-state index in [-0.39, 0.29) is 0 Å². The molecule has 0 aliphatic heterocycles. The number of rotatable bonds is 11. The molecule has 0 unspecified atom stereocenters. The van der Waals surface area contributed by atoms with Crippen LogP contribution in [0.1, 0.15) is 44.2 Å². The third kappa shape index (κ3) is 5.55. The molecule has 0 aromatic heterocycles. The Morgan fingerprint density at radius 1 is 0.960 bits per heavy atom. The van der Waals surface area contributed by atoms with Gasteiger partial charge in [0.1, 0.15) is 5.60 Å². The van der Waals surface area contributed by atoms with Gasteiger partial charge < -0.3 is 10.1 Å². The van der Waals surface area contributed by atoms with E-state index in [4.69, 9.17) is 4.74 Å². The first kappa shape index (κ1) is 19.4. The van der Waals surface area contributed by atoms with Gasteiger partial charge in [-0.15, -0.1) is 0 Å². The van der Waals surface area contributed by atoms with Crippen molar-refractivity contribution in [3.8, 4) is 0 Å². The highest BCUT2D eigenvalue weighted by molar-refractivity contribution is 5.36. The van der Waals surface area contributed by atoms with Gasteiger partial charge in [0, 0.05) is 13.2 Å². The Bertz CT molecular complexity index is 567. The number of unbranched alkanes of at least 4 members (excludes halogenated alkanes) is 1. The van der Waals surface area contributed by atoms with Crippen molar-refractivity contribution in [1.82, 2.24) is 5.32 Å². The van der Waals surface area contributed by atoms with Gasteiger partial charge in [0.15, 0.2) is 0 Å². The quantitative estimate of drug-likeness (QED) is 0.443. The summed E-state index contributed by atoms with van der Waals surface area (Å²) < 4.78 is 6.59. The summed E-state index contributed by atoms with van der Waals surface area (Å²) >= 11 is 0. The lowest BCUT2D eigenvalue weighted by Gasteiger charge is -2.35. The molecule has 2 nitrogen and oxygen atoms in total. The summed E-state index contributed by atoms with van der Waals surface area (Å²) in [5.41, 5.74) is 2.05. The van der Waals surface area contributed by atoms with Gasteiger partial charge in [-0.05, 0) is 37.4 Å². The van der Waals surface area contributed by atoms with E-state index in [0.717, 1.165) is 39.0 Å². The van der Waals surface area contributed by atoms with E-state index < -0.39 is 5.60 Å². The Hall–Kier alpha value is -1.90. The van der Waals surface area contributed by atoms with Gasteiger partial charge in [0.2, 0.25) is 0 Å². The maximum atomic E-state index is 6.59. The van der Waals surface area contributed by atoms with Crippen LogP contribution in [0.15, 0.2) is 72.8 Å². The minimum Gasteiger partial charge on any atom is -0.365 e. The molecule has 0 aliphatic rings. The first-order chi connectivity index (χ1) is 12.3. The normalized spacial score (nSPS) is 11.9. The largest absolute Gasteiger partial charge is 0.365 e. The number of ether oxygens (including phenoxy) is 1. The van der Waals surface area contributed by atoms with Crippen LogP contribution in [-0.2, 0) is 10.3 Å².